The third-order valence-corrected chi connectivity index (χ3v) is 7.64. The Morgan fingerprint density at radius 1 is 0.886 bits per heavy atom. The monoisotopic (exact) mass is 476 g/mol. The average molecular weight is 477 g/mol. The predicted octanol–water partition coefficient (Wildman–Crippen LogP) is 3.50. The quantitative estimate of drug-likeness (QED) is 0.611. The van der Waals surface area contributed by atoms with E-state index in [4.69, 9.17) is 0 Å². The Morgan fingerprint density at radius 3 is 2.31 bits per heavy atom. The highest BCUT2D eigenvalue weighted by Gasteiger charge is 2.29. The molecule has 7 nitrogen and oxygen atoms in total. The van der Waals surface area contributed by atoms with Crippen molar-refractivity contribution in [1.29, 1.82) is 0 Å². The molecule has 3 fully saturated rings. The SMILES string of the molecule is O=C(NCC1CCCCC1)c1cn(C2CC2)cc(C(=O)NC2CCN(Cc3ccccc3)C2)c1=O. The first-order valence-electron chi connectivity index (χ1n) is 13.2. The van der Waals surface area contributed by atoms with Crippen LogP contribution in [0.1, 0.15) is 83.7 Å². The Kier molecular flexibility index (Phi) is 7.32. The molecule has 2 amide bonds. The molecule has 1 saturated heterocycles. The van der Waals surface area contributed by atoms with Crippen LogP contribution in [0.25, 0.3) is 0 Å². The Bertz CT molecular complexity index is 1100. The number of amides is 2. The van der Waals surface area contributed by atoms with E-state index in [0.29, 0.717) is 12.5 Å². The number of aromatic nitrogens is 1. The minimum absolute atomic E-state index is 0.0104. The average Bonchev–Trinajstić information content (AvgIpc) is 3.64. The highest BCUT2D eigenvalue weighted by atomic mass is 16.2. The maximum atomic E-state index is 13.2. The smallest absolute Gasteiger partial charge is 0.257 e. The van der Waals surface area contributed by atoms with Crippen LogP contribution < -0.4 is 16.1 Å². The number of benzene rings is 1. The van der Waals surface area contributed by atoms with Gasteiger partial charge in [0.2, 0.25) is 5.43 Å². The number of likely N-dealkylation sites (tertiary alicyclic amines) is 1. The van der Waals surface area contributed by atoms with Gasteiger partial charge in [-0.25, -0.2) is 0 Å². The largest absolute Gasteiger partial charge is 0.352 e. The Morgan fingerprint density at radius 2 is 1.60 bits per heavy atom. The molecule has 1 aliphatic heterocycles. The number of nitrogens with one attached hydrogen (secondary N) is 2. The zero-order valence-corrected chi connectivity index (χ0v) is 20.4. The fraction of sp³-hybridized carbons (Fsp3) is 0.536. The van der Waals surface area contributed by atoms with Crippen LogP contribution in [0.2, 0.25) is 0 Å². The third kappa shape index (κ3) is 6.01. The van der Waals surface area contributed by atoms with Crippen molar-refractivity contribution in [2.45, 2.75) is 70.0 Å². The number of pyridine rings is 1. The number of hydrogen-bond acceptors (Lipinski definition) is 4. The van der Waals surface area contributed by atoms with Gasteiger partial charge in [0.25, 0.3) is 11.8 Å². The Labute approximate surface area is 206 Å². The highest BCUT2D eigenvalue weighted by molar-refractivity contribution is 5.99. The van der Waals surface area contributed by atoms with Crippen molar-refractivity contribution < 1.29 is 9.59 Å². The van der Waals surface area contributed by atoms with Crippen molar-refractivity contribution in [2.24, 2.45) is 5.92 Å². The third-order valence-electron chi connectivity index (χ3n) is 7.64. The molecule has 2 aromatic rings. The summed E-state index contributed by atoms with van der Waals surface area (Å²) in [5, 5.41) is 6.04. The molecule has 0 radical (unpaired) electrons. The summed E-state index contributed by atoms with van der Waals surface area (Å²) in [6, 6.07) is 10.6. The van der Waals surface area contributed by atoms with Crippen LogP contribution in [0.15, 0.2) is 47.5 Å². The second-order valence-electron chi connectivity index (χ2n) is 10.5. The Balaban J connectivity index is 1.25. The molecule has 0 bridgehead atoms. The van der Waals surface area contributed by atoms with Crippen LogP contribution in [-0.4, -0.2) is 47.0 Å². The van der Waals surface area contributed by atoms with Crippen molar-refractivity contribution in [2.75, 3.05) is 19.6 Å². The molecule has 7 heteroatoms. The number of carbonyl (C=O) groups excluding carboxylic acids is 2. The molecule has 2 aliphatic carbocycles. The molecule has 1 atom stereocenters. The molecule has 5 rings (SSSR count). The first-order valence-corrected chi connectivity index (χ1v) is 13.2. The van der Waals surface area contributed by atoms with E-state index < -0.39 is 5.43 Å². The summed E-state index contributed by atoms with van der Waals surface area (Å²) in [6.45, 7) is 3.09. The maximum absolute atomic E-state index is 13.2. The lowest BCUT2D eigenvalue weighted by atomic mass is 9.89. The standard InChI is InChI=1S/C28H36N4O3/c33-26-24(27(34)29-15-20-7-3-1-4-8-20)18-32(23-11-12-23)19-25(26)28(35)30-22-13-14-31(17-22)16-21-9-5-2-6-10-21/h2,5-6,9-10,18-20,22-23H,1,3-4,7-8,11-17H2,(H,29,34)(H,30,35). The summed E-state index contributed by atoms with van der Waals surface area (Å²) in [5.74, 6) is -0.261. The molecule has 2 N–H and O–H groups in total. The van der Waals surface area contributed by atoms with E-state index in [2.05, 4.69) is 27.7 Å². The predicted molar refractivity (Wildman–Crippen MR) is 135 cm³/mol. The molecule has 3 aliphatic rings. The zero-order valence-electron chi connectivity index (χ0n) is 20.4. The van der Waals surface area contributed by atoms with Crippen LogP contribution in [0.4, 0.5) is 0 Å². The lowest BCUT2D eigenvalue weighted by molar-refractivity contribution is 0.0935. The molecule has 35 heavy (non-hydrogen) atoms. The van der Waals surface area contributed by atoms with Crippen LogP contribution in [-0.2, 0) is 6.54 Å². The van der Waals surface area contributed by atoms with Gasteiger partial charge in [-0.3, -0.25) is 19.3 Å². The maximum Gasteiger partial charge on any atom is 0.257 e. The van der Waals surface area contributed by atoms with Crippen molar-refractivity contribution >= 4 is 11.8 Å². The van der Waals surface area contributed by atoms with Gasteiger partial charge >= 0.3 is 0 Å². The lowest BCUT2D eigenvalue weighted by Crippen LogP contribution is -2.41. The number of rotatable bonds is 8. The molecule has 2 saturated carbocycles. The first-order chi connectivity index (χ1) is 17.1. The van der Waals surface area contributed by atoms with E-state index in [1.807, 2.05) is 22.8 Å². The fourth-order valence-corrected chi connectivity index (χ4v) is 5.43. The van der Waals surface area contributed by atoms with E-state index in [0.717, 1.165) is 51.7 Å². The van der Waals surface area contributed by atoms with Gasteiger partial charge in [0, 0.05) is 50.7 Å². The summed E-state index contributed by atoms with van der Waals surface area (Å²) in [7, 11) is 0. The van der Waals surface area contributed by atoms with Gasteiger partial charge in [-0.05, 0) is 43.6 Å². The molecule has 2 heterocycles. The molecule has 186 valence electrons. The summed E-state index contributed by atoms with van der Waals surface area (Å²) in [4.78, 5) is 41.7. The van der Waals surface area contributed by atoms with Gasteiger partial charge < -0.3 is 15.2 Å². The van der Waals surface area contributed by atoms with Gasteiger partial charge in [0.05, 0.1) is 0 Å². The van der Waals surface area contributed by atoms with Gasteiger partial charge in [0.15, 0.2) is 0 Å². The molecule has 1 aromatic carbocycles. The van der Waals surface area contributed by atoms with Gasteiger partial charge in [0.1, 0.15) is 11.1 Å². The molecule has 1 unspecified atom stereocenters. The van der Waals surface area contributed by atoms with Crippen LogP contribution in [0.5, 0.6) is 0 Å². The van der Waals surface area contributed by atoms with Crippen molar-refractivity contribution in [3.8, 4) is 0 Å². The summed E-state index contributed by atoms with van der Waals surface area (Å²) in [6.07, 6.45) is 12.1. The van der Waals surface area contributed by atoms with E-state index in [9.17, 15) is 14.4 Å². The minimum Gasteiger partial charge on any atom is -0.352 e. The highest BCUT2D eigenvalue weighted by Crippen LogP contribution is 2.34. The van der Waals surface area contributed by atoms with Crippen LogP contribution in [0, 0.1) is 5.92 Å². The van der Waals surface area contributed by atoms with E-state index in [1.54, 1.807) is 12.4 Å². The summed E-state index contributed by atoms with van der Waals surface area (Å²) < 4.78 is 1.89. The molecular formula is C28H36N4O3. The number of hydrogen-bond donors (Lipinski definition) is 2. The van der Waals surface area contributed by atoms with Crippen LogP contribution in [0.3, 0.4) is 0 Å². The van der Waals surface area contributed by atoms with Gasteiger partial charge in [-0.15, -0.1) is 0 Å². The van der Waals surface area contributed by atoms with Crippen molar-refractivity contribution in [3.63, 3.8) is 0 Å². The lowest BCUT2D eigenvalue weighted by Gasteiger charge is -2.21. The van der Waals surface area contributed by atoms with Gasteiger partial charge in [-0.1, -0.05) is 49.6 Å². The second kappa shape index (κ2) is 10.8. The van der Waals surface area contributed by atoms with Gasteiger partial charge in [-0.2, -0.15) is 0 Å². The molecule has 0 spiro atoms. The summed E-state index contributed by atoms with van der Waals surface area (Å²) >= 11 is 0. The zero-order chi connectivity index (χ0) is 24.2. The second-order valence-corrected chi connectivity index (χ2v) is 10.5. The Hall–Kier alpha value is -2.93. The first kappa shape index (κ1) is 23.8. The normalized spacial score (nSPS) is 21.1. The number of carbonyl (C=O) groups is 2. The molecular weight excluding hydrogens is 440 g/mol. The topological polar surface area (TPSA) is 83.4 Å². The molecule has 1 aromatic heterocycles. The minimum atomic E-state index is -0.473. The van der Waals surface area contributed by atoms with E-state index in [1.165, 1.54) is 24.8 Å². The van der Waals surface area contributed by atoms with Crippen molar-refractivity contribution in [1.82, 2.24) is 20.1 Å². The fourth-order valence-electron chi connectivity index (χ4n) is 5.43. The summed E-state index contributed by atoms with van der Waals surface area (Å²) in [5.41, 5.74) is 0.930. The van der Waals surface area contributed by atoms with Crippen molar-refractivity contribution in [3.05, 3.63) is 69.6 Å². The number of nitrogens with zero attached hydrogens (tertiary/aromatic N) is 2. The van der Waals surface area contributed by atoms with Crippen LogP contribution >= 0.6 is 0 Å². The van der Waals surface area contributed by atoms with E-state index in [-0.39, 0.29) is 35.0 Å². The van der Waals surface area contributed by atoms with E-state index >= 15 is 0 Å².